The van der Waals surface area contributed by atoms with E-state index >= 15 is 0 Å². The Hall–Kier alpha value is -2.13. The standard InChI is InChI=1S/C16H14ClNO2/c1-18-9-11(15-7-2-12(17)8-16(15)18)10-20-14-5-3-13(19)4-6-14/h2-9,19H,10H2,1H3. The van der Waals surface area contributed by atoms with E-state index in [-0.39, 0.29) is 5.75 Å². The first kappa shape index (κ1) is 12.9. The van der Waals surface area contributed by atoms with Gasteiger partial charge in [0.1, 0.15) is 18.1 Å². The van der Waals surface area contributed by atoms with Crippen molar-refractivity contribution in [2.75, 3.05) is 0 Å². The first-order chi connectivity index (χ1) is 9.63. The lowest BCUT2D eigenvalue weighted by molar-refractivity contribution is 0.307. The molecule has 0 bridgehead atoms. The smallest absolute Gasteiger partial charge is 0.120 e. The van der Waals surface area contributed by atoms with Gasteiger partial charge in [-0.2, -0.15) is 0 Å². The molecule has 0 atom stereocenters. The van der Waals surface area contributed by atoms with Gasteiger partial charge < -0.3 is 14.4 Å². The van der Waals surface area contributed by atoms with Crippen molar-refractivity contribution in [2.24, 2.45) is 7.05 Å². The Kier molecular flexibility index (Phi) is 3.28. The van der Waals surface area contributed by atoms with Crippen molar-refractivity contribution in [2.45, 2.75) is 6.61 Å². The van der Waals surface area contributed by atoms with Gasteiger partial charge in [0.25, 0.3) is 0 Å². The summed E-state index contributed by atoms with van der Waals surface area (Å²) in [7, 11) is 1.99. The molecule has 0 fully saturated rings. The van der Waals surface area contributed by atoms with Crippen LogP contribution in [0.5, 0.6) is 11.5 Å². The molecule has 0 aliphatic rings. The van der Waals surface area contributed by atoms with Gasteiger partial charge >= 0.3 is 0 Å². The van der Waals surface area contributed by atoms with Gasteiger partial charge in [-0.05, 0) is 36.4 Å². The molecule has 0 radical (unpaired) electrons. The minimum absolute atomic E-state index is 0.233. The fourth-order valence-corrected chi connectivity index (χ4v) is 2.43. The van der Waals surface area contributed by atoms with Crippen LogP contribution in [0, 0.1) is 0 Å². The van der Waals surface area contributed by atoms with Crippen LogP contribution >= 0.6 is 11.6 Å². The zero-order chi connectivity index (χ0) is 14.1. The molecule has 4 heteroatoms. The Balaban J connectivity index is 1.86. The molecule has 3 rings (SSSR count). The zero-order valence-electron chi connectivity index (χ0n) is 11.0. The number of phenols is 1. The number of ether oxygens (including phenoxy) is 1. The van der Waals surface area contributed by atoms with Gasteiger partial charge in [0.2, 0.25) is 0 Å². The molecule has 2 aromatic carbocycles. The Morgan fingerprint density at radius 1 is 1.15 bits per heavy atom. The molecule has 1 heterocycles. The molecule has 3 nitrogen and oxygen atoms in total. The van der Waals surface area contributed by atoms with Crippen LogP contribution in [0.3, 0.4) is 0 Å². The van der Waals surface area contributed by atoms with Gasteiger partial charge in [-0.3, -0.25) is 0 Å². The highest BCUT2D eigenvalue weighted by atomic mass is 35.5. The van der Waals surface area contributed by atoms with E-state index in [0.717, 1.165) is 27.2 Å². The maximum absolute atomic E-state index is 9.24. The topological polar surface area (TPSA) is 34.4 Å². The second-order valence-corrected chi connectivity index (χ2v) is 5.15. The van der Waals surface area contributed by atoms with E-state index in [4.69, 9.17) is 16.3 Å². The van der Waals surface area contributed by atoms with Crippen LogP contribution in [-0.2, 0) is 13.7 Å². The summed E-state index contributed by atoms with van der Waals surface area (Å²) in [5.74, 6) is 0.964. The minimum atomic E-state index is 0.233. The van der Waals surface area contributed by atoms with E-state index in [2.05, 4.69) is 0 Å². The summed E-state index contributed by atoms with van der Waals surface area (Å²) in [5, 5.41) is 11.1. The van der Waals surface area contributed by atoms with Crippen LogP contribution < -0.4 is 4.74 Å². The third-order valence-electron chi connectivity index (χ3n) is 3.27. The van der Waals surface area contributed by atoms with Crippen LogP contribution in [0.2, 0.25) is 5.02 Å². The molecule has 0 aliphatic carbocycles. The second kappa shape index (κ2) is 5.10. The van der Waals surface area contributed by atoms with Crippen molar-refractivity contribution in [3.05, 3.63) is 59.2 Å². The number of fused-ring (bicyclic) bond motifs is 1. The van der Waals surface area contributed by atoms with Crippen LogP contribution in [0.15, 0.2) is 48.7 Å². The monoisotopic (exact) mass is 287 g/mol. The predicted octanol–water partition coefficient (Wildman–Crippen LogP) is 4.12. The van der Waals surface area contributed by atoms with Crippen molar-refractivity contribution >= 4 is 22.5 Å². The van der Waals surface area contributed by atoms with E-state index in [9.17, 15) is 5.11 Å². The molecule has 0 saturated carbocycles. The summed E-state index contributed by atoms with van der Waals surface area (Å²) in [6, 6.07) is 12.5. The molecule has 1 aromatic heterocycles. The molecule has 0 amide bonds. The van der Waals surface area contributed by atoms with Crippen molar-refractivity contribution in [3.63, 3.8) is 0 Å². The summed E-state index contributed by atoms with van der Waals surface area (Å²) in [6.45, 7) is 0.476. The molecule has 102 valence electrons. The number of aromatic hydroxyl groups is 1. The molecule has 0 unspecified atom stereocenters. The Morgan fingerprint density at radius 2 is 1.90 bits per heavy atom. The van der Waals surface area contributed by atoms with E-state index < -0.39 is 0 Å². The van der Waals surface area contributed by atoms with Gasteiger partial charge in [0, 0.05) is 34.7 Å². The molecule has 0 saturated heterocycles. The summed E-state index contributed by atoms with van der Waals surface area (Å²) in [6.07, 6.45) is 2.04. The third-order valence-corrected chi connectivity index (χ3v) is 3.50. The SMILES string of the molecule is Cn1cc(COc2ccc(O)cc2)c2ccc(Cl)cc21. The average Bonchev–Trinajstić information content (AvgIpc) is 2.74. The van der Waals surface area contributed by atoms with Gasteiger partial charge in [-0.15, -0.1) is 0 Å². The highest BCUT2D eigenvalue weighted by Crippen LogP contribution is 2.25. The van der Waals surface area contributed by atoms with Gasteiger partial charge in [0.05, 0.1) is 0 Å². The number of rotatable bonds is 3. The normalized spacial score (nSPS) is 10.9. The first-order valence-corrected chi connectivity index (χ1v) is 6.66. The maximum atomic E-state index is 9.24. The number of aromatic nitrogens is 1. The van der Waals surface area contributed by atoms with E-state index in [1.807, 2.05) is 36.0 Å². The molecule has 1 N–H and O–H groups in total. The highest BCUT2D eigenvalue weighted by molar-refractivity contribution is 6.31. The number of aryl methyl sites for hydroxylation is 1. The lowest BCUT2D eigenvalue weighted by Gasteiger charge is -2.05. The number of halogens is 1. The van der Waals surface area contributed by atoms with Crippen molar-refractivity contribution in [1.82, 2.24) is 4.57 Å². The Bertz CT molecular complexity index is 747. The van der Waals surface area contributed by atoms with Crippen LogP contribution in [0.25, 0.3) is 10.9 Å². The molecule has 0 spiro atoms. The highest BCUT2D eigenvalue weighted by Gasteiger charge is 2.07. The fraction of sp³-hybridized carbons (Fsp3) is 0.125. The van der Waals surface area contributed by atoms with Crippen LogP contribution in [0.1, 0.15) is 5.56 Å². The Morgan fingerprint density at radius 3 is 2.65 bits per heavy atom. The quantitative estimate of drug-likeness (QED) is 0.786. The van der Waals surface area contributed by atoms with E-state index in [1.54, 1.807) is 24.3 Å². The third kappa shape index (κ3) is 2.45. The zero-order valence-corrected chi connectivity index (χ0v) is 11.8. The molecule has 20 heavy (non-hydrogen) atoms. The lowest BCUT2D eigenvalue weighted by atomic mass is 10.2. The lowest BCUT2D eigenvalue weighted by Crippen LogP contribution is -1.94. The predicted molar refractivity (Wildman–Crippen MR) is 80.4 cm³/mol. The summed E-state index contributed by atoms with van der Waals surface area (Å²) < 4.78 is 7.78. The van der Waals surface area contributed by atoms with Crippen molar-refractivity contribution < 1.29 is 9.84 Å². The number of phenolic OH excluding ortho intramolecular Hbond substituents is 1. The molecule has 0 aliphatic heterocycles. The molecular weight excluding hydrogens is 274 g/mol. The van der Waals surface area contributed by atoms with E-state index in [1.165, 1.54) is 0 Å². The average molecular weight is 288 g/mol. The summed E-state index contributed by atoms with van der Waals surface area (Å²) >= 11 is 6.02. The van der Waals surface area contributed by atoms with Crippen LogP contribution in [0.4, 0.5) is 0 Å². The second-order valence-electron chi connectivity index (χ2n) is 4.71. The number of hydrogen-bond acceptors (Lipinski definition) is 2. The maximum Gasteiger partial charge on any atom is 0.120 e. The summed E-state index contributed by atoms with van der Waals surface area (Å²) in [5.41, 5.74) is 2.19. The van der Waals surface area contributed by atoms with Gasteiger partial charge in [-0.25, -0.2) is 0 Å². The molecule has 3 aromatic rings. The first-order valence-electron chi connectivity index (χ1n) is 6.29. The minimum Gasteiger partial charge on any atom is -0.508 e. The van der Waals surface area contributed by atoms with Crippen LogP contribution in [-0.4, -0.2) is 9.67 Å². The summed E-state index contributed by atoms with van der Waals surface area (Å²) in [4.78, 5) is 0. The number of hydrogen-bond donors (Lipinski definition) is 1. The molecular formula is C16H14ClNO2. The largest absolute Gasteiger partial charge is 0.508 e. The van der Waals surface area contributed by atoms with E-state index in [0.29, 0.717) is 6.61 Å². The van der Waals surface area contributed by atoms with Gasteiger partial charge in [0.15, 0.2) is 0 Å². The van der Waals surface area contributed by atoms with Crippen molar-refractivity contribution in [3.8, 4) is 11.5 Å². The van der Waals surface area contributed by atoms with Crippen molar-refractivity contribution in [1.29, 1.82) is 0 Å². The fourth-order valence-electron chi connectivity index (χ4n) is 2.26. The van der Waals surface area contributed by atoms with Gasteiger partial charge in [-0.1, -0.05) is 17.7 Å². The Labute approximate surface area is 122 Å². The number of nitrogens with zero attached hydrogens (tertiary/aromatic N) is 1. The number of benzene rings is 2.